The molecule has 2 heterocycles. The average molecular weight is 397 g/mol. The molecule has 3 rings (SSSR count). The fraction of sp³-hybridized carbons (Fsp3) is 0.286. The van der Waals surface area contributed by atoms with Crippen molar-refractivity contribution in [1.82, 2.24) is 25.4 Å². The van der Waals surface area contributed by atoms with E-state index in [1.54, 1.807) is 12.3 Å². The van der Waals surface area contributed by atoms with Crippen molar-refractivity contribution in [1.29, 1.82) is 0 Å². The smallest absolute Gasteiger partial charge is 0.191 e. The third-order valence-electron chi connectivity index (χ3n) is 4.17. The van der Waals surface area contributed by atoms with E-state index >= 15 is 0 Å². The Morgan fingerprint density at radius 3 is 2.64 bits per heavy atom. The van der Waals surface area contributed by atoms with Crippen molar-refractivity contribution >= 4 is 17.6 Å². The van der Waals surface area contributed by atoms with E-state index in [1.807, 2.05) is 47.3 Å². The van der Waals surface area contributed by atoms with Crippen LogP contribution in [0.3, 0.4) is 0 Å². The quantitative estimate of drug-likeness (QED) is 0.348. The molecule has 0 radical (unpaired) electrons. The van der Waals surface area contributed by atoms with E-state index in [9.17, 15) is 0 Å². The molecule has 0 aliphatic heterocycles. The van der Waals surface area contributed by atoms with E-state index in [4.69, 9.17) is 11.6 Å². The molecule has 0 aliphatic carbocycles. The van der Waals surface area contributed by atoms with Crippen molar-refractivity contribution < 1.29 is 0 Å². The molecule has 0 saturated heterocycles. The SMILES string of the molecule is CCNC(=NCCc1ccc(Cl)nc1)NCCc1cnn(-c2ccccc2)c1. The van der Waals surface area contributed by atoms with Crippen molar-refractivity contribution in [2.75, 3.05) is 19.6 Å². The molecule has 0 saturated carbocycles. The molecule has 0 bridgehead atoms. The number of halogens is 1. The van der Waals surface area contributed by atoms with Gasteiger partial charge in [0.15, 0.2) is 5.96 Å². The second-order valence-corrected chi connectivity index (χ2v) is 6.69. The van der Waals surface area contributed by atoms with Gasteiger partial charge in [0.1, 0.15) is 5.15 Å². The third-order valence-corrected chi connectivity index (χ3v) is 4.39. The zero-order chi connectivity index (χ0) is 19.6. The fourth-order valence-corrected chi connectivity index (χ4v) is 2.84. The molecular formula is C21H25ClN6. The van der Waals surface area contributed by atoms with Crippen LogP contribution in [0.15, 0.2) is 66.0 Å². The van der Waals surface area contributed by atoms with E-state index in [0.29, 0.717) is 11.7 Å². The minimum absolute atomic E-state index is 0.512. The Balaban J connectivity index is 1.48. The molecule has 7 heteroatoms. The highest BCUT2D eigenvalue weighted by Crippen LogP contribution is 2.08. The molecule has 0 spiro atoms. The maximum atomic E-state index is 5.82. The molecule has 2 N–H and O–H groups in total. The lowest BCUT2D eigenvalue weighted by atomic mass is 10.2. The van der Waals surface area contributed by atoms with Crippen LogP contribution in [0, 0.1) is 0 Å². The minimum atomic E-state index is 0.512. The Morgan fingerprint density at radius 2 is 1.89 bits per heavy atom. The first-order valence-corrected chi connectivity index (χ1v) is 9.84. The zero-order valence-corrected chi connectivity index (χ0v) is 16.7. The Morgan fingerprint density at radius 1 is 1.04 bits per heavy atom. The van der Waals surface area contributed by atoms with Gasteiger partial charge in [-0.05, 0) is 49.1 Å². The third kappa shape index (κ3) is 6.09. The number of aliphatic imine (C=N–C) groups is 1. The maximum absolute atomic E-state index is 5.82. The normalized spacial score (nSPS) is 11.4. The maximum Gasteiger partial charge on any atom is 0.191 e. The van der Waals surface area contributed by atoms with Crippen molar-refractivity contribution in [3.05, 3.63) is 77.3 Å². The lowest BCUT2D eigenvalue weighted by Gasteiger charge is -2.10. The summed E-state index contributed by atoms with van der Waals surface area (Å²) in [6, 6.07) is 13.9. The van der Waals surface area contributed by atoms with Gasteiger partial charge in [-0.2, -0.15) is 5.10 Å². The summed E-state index contributed by atoms with van der Waals surface area (Å²) >= 11 is 5.82. The van der Waals surface area contributed by atoms with E-state index in [2.05, 4.69) is 38.8 Å². The van der Waals surface area contributed by atoms with Crippen LogP contribution >= 0.6 is 11.6 Å². The molecule has 0 atom stereocenters. The summed E-state index contributed by atoms with van der Waals surface area (Å²) in [5.41, 5.74) is 3.37. The van der Waals surface area contributed by atoms with Gasteiger partial charge in [0, 0.05) is 32.0 Å². The predicted octanol–water partition coefficient (Wildman–Crippen LogP) is 3.26. The van der Waals surface area contributed by atoms with Crippen LogP contribution in [0.2, 0.25) is 5.15 Å². The van der Waals surface area contributed by atoms with Crippen LogP contribution < -0.4 is 10.6 Å². The second-order valence-electron chi connectivity index (χ2n) is 6.31. The standard InChI is InChI=1S/C21H25ClN6/c1-2-23-21(24-12-10-17-8-9-20(22)26-14-17)25-13-11-18-15-27-28(16-18)19-6-4-3-5-7-19/h3-9,14-16H,2,10-13H2,1H3,(H2,23,24,25). The largest absolute Gasteiger partial charge is 0.357 e. The Labute approximate surface area is 170 Å². The van der Waals surface area contributed by atoms with Gasteiger partial charge >= 0.3 is 0 Å². The van der Waals surface area contributed by atoms with Crippen LogP contribution in [-0.2, 0) is 12.8 Å². The first-order valence-electron chi connectivity index (χ1n) is 9.46. The van der Waals surface area contributed by atoms with Crippen molar-refractivity contribution in [3.8, 4) is 5.69 Å². The summed E-state index contributed by atoms with van der Waals surface area (Å²) in [6.45, 7) is 4.35. The number of aromatic nitrogens is 3. The van der Waals surface area contributed by atoms with Crippen molar-refractivity contribution in [3.63, 3.8) is 0 Å². The van der Waals surface area contributed by atoms with Gasteiger partial charge < -0.3 is 10.6 Å². The number of nitrogens with zero attached hydrogens (tertiary/aromatic N) is 4. The highest BCUT2D eigenvalue weighted by atomic mass is 35.5. The Kier molecular flexibility index (Phi) is 7.44. The molecule has 146 valence electrons. The Hall–Kier alpha value is -2.86. The number of guanidine groups is 1. The zero-order valence-electron chi connectivity index (χ0n) is 16.0. The molecule has 28 heavy (non-hydrogen) atoms. The fourth-order valence-electron chi connectivity index (χ4n) is 2.73. The molecule has 0 unspecified atom stereocenters. The van der Waals surface area contributed by atoms with Gasteiger partial charge in [0.05, 0.1) is 11.9 Å². The summed E-state index contributed by atoms with van der Waals surface area (Å²) in [5.74, 6) is 0.819. The molecular weight excluding hydrogens is 372 g/mol. The van der Waals surface area contributed by atoms with Crippen LogP contribution in [0.1, 0.15) is 18.1 Å². The van der Waals surface area contributed by atoms with Gasteiger partial charge in [-0.25, -0.2) is 9.67 Å². The van der Waals surface area contributed by atoms with E-state index in [1.165, 1.54) is 5.56 Å². The van der Waals surface area contributed by atoms with Gasteiger partial charge in [-0.15, -0.1) is 0 Å². The van der Waals surface area contributed by atoms with Crippen LogP contribution in [0.5, 0.6) is 0 Å². The molecule has 3 aromatic rings. The monoisotopic (exact) mass is 396 g/mol. The number of para-hydroxylation sites is 1. The van der Waals surface area contributed by atoms with Crippen LogP contribution in [0.25, 0.3) is 5.69 Å². The number of pyridine rings is 1. The summed E-state index contributed by atoms with van der Waals surface area (Å²) < 4.78 is 1.90. The number of benzene rings is 1. The lowest BCUT2D eigenvalue weighted by molar-refractivity contribution is 0.796. The Bertz CT molecular complexity index is 873. The number of hydrogen-bond donors (Lipinski definition) is 2. The summed E-state index contributed by atoms with van der Waals surface area (Å²) in [5, 5.41) is 11.6. The van der Waals surface area contributed by atoms with Crippen LogP contribution in [-0.4, -0.2) is 40.4 Å². The lowest BCUT2D eigenvalue weighted by Crippen LogP contribution is -2.38. The van der Waals surface area contributed by atoms with Crippen LogP contribution in [0.4, 0.5) is 0 Å². The van der Waals surface area contributed by atoms with Gasteiger partial charge in [-0.3, -0.25) is 4.99 Å². The predicted molar refractivity (Wildman–Crippen MR) is 114 cm³/mol. The number of rotatable bonds is 8. The molecule has 0 amide bonds. The second kappa shape index (κ2) is 10.5. The first-order chi connectivity index (χ1) is 13.7. The highest BCUT2D eigenvalue weighted by Gasteiger charge is 2.02. The van der Waals surface area contributed by atoms with Crippen molar-refractivity contribution in [2.45, 2.75) is 19.8 Å². The minimum Gasteiger partial charge on any atom is -0.357 e. The van der Waals surface area contributed by atoms with Gasteiger partial charge in [0.2, 0.25) is 0 Å². The first kappa shape index (κ1) is 19.9. The van der Waals surface area contributed by atoms with Gasteiger partial charge in [-0.1, -0.05) is 35.9 Å². The van der Waals surface area contributed by atoms with E-state index in [0.717, 1.165) is 43.1 Å². The summed E-state index contributed by atoms with van der Waals surface area (Å²) in [7, 11) is 0. The highest BCUT2D eigenvalue weighted by molar-refractivity contribution is 6.29. The average Bonchev–Trinajstić information content (AvgIpc) is 3.19. The molecule has 0 fully saturated rings. The molecule has 2 aromatic heterocycles. The molecule has 1 aromatic carbocycles. The summed E-state index contributed by atoms with van der Waals surface area (Å²) in [6.07, 6.45) is 7.46. The van der Waals surface area contributed by atoms with Gasteiger partial charge in [0.25, 0.3) is 0 Å². The van der Waals surface area contributed by atoms with Crippen molar-refractivity contribution in [2.24, 2.45) is 4.99 Å². The topological polar surface area (TPSA) is 67.1 Å². The molecule has 6 nitrogen and oxygen atoms in total. The van der Waals surface area contributed by atoms with E-state index < -0.39 is 0 Å². The number of nitrogens with one attached hydrogen (secondary N) is 2. The molecule has 0 aliphatic rings. The van der Waals surface area contributed by atoms with E-state index in [-0.39, 0.29) is 0 Å². The number of hydrogen-bond acceptors (Lipinski definition) is 3. The summed E-state index contributed by atoms with van der Waals surface area (Å²) in [4.78, 5) is 8.73.